The largest absolute Gasteiger partial charge is 0.466 e. The van der Waals surface area contributed by atoms with Crippen molar-refractivity contribution in [1.82, 2.24) is 19.5 Å². The first-order valence-electron chi connectivity index (χ1n) is 9.20. The van der Waals surface area contributed by atoms with Crippen LogP contribution in [0.3, 0.4) is 0 Å². The van der Waals surface area contributed by atoms with Gasteiger partial charge < -0.3 is 14.6 Å². The van der Waals surface area contributed by atoms with Crippen LogP contribution in [0.15, 0.2) is 29.3 Å². The van der Waals surface area contributed by atoms with Crippen LogP contribution in [-0.2, 0) is 22.6 Å². The van der Waals surface area contributed by atoms with E-state index in [9.17, 15) is 9.59 Å². The summed E-state index contributed by atoms with van der Waals surface area (Å²) in [6, 6.07) is 5.31. The second-order valence-corrected chi connectivity index (χ2v) is 7.34. The number of aromatic amines is 1. The van der Waals surface area contributed by atoms with E-state index in [1.807, 2.05) is 6.07 Å². The molecule has 1 aromatic carbocycles. The molecule has 0 spiro atoms. The Hall–Kier alpha value is -2.58. The van der Waals surface area contributed by atoms with Crippen LogP contribution in [0.25, 0.3) is 11.2 Å². The minimum absolute atomic E-state index is 0.260. The maximum Gasteiger partial charge on any atom is 0.302 e. The van der Waals surface area contributed by atoms with Gasteiger partial charge in [-0.2, -0.15) is 4.98 Å². The Morgan fingerprint density at radius 3 is 2.83 bits per heavy atom. The molecule has 0 amide bonds. The van der Waals surface area contributed by atoms with Gasteiger partial charge in [0.2, 0.25) is 5.95 Å². The van der Waals surface area contributed by atoms with Gasteiger partial charge in [-0.1, -0.05) is 29.3 Å². The van der Waals surface area contributed by atoms with Crippen molar-refractivity contribution < 1.29 is 9.53 Å². The Kier molecular flexibility index (Phi) is 7.11. The summed E-state index contributed by atoms with van der Waals surface area (Å²) in [7, 11) is 0. The molecule has 0 radical (unpaired) electrons. The van der Waals surface area contributed by atoms with Crippen molar-refractivity contribution in [3.8, 4) is 0 Å². The van der Waals surface area contributed by atoms with E-state index in [0.717, 1.165) is 24.8 Å². The van der Waals surface area contributed by atoms with E-state index in [2.05, 4.69) is 20.3 Å². The minimum Gasteiger partial charge on any atom is -0.466 e. The fourth-order valence-electron chi connectivity index (χ4n) is 2.85. The molecule has 10 heteroatoms. The van der Waals surface area contributed by atoms with E-state index in [0.29, 0.717) is 46.9 Å². The number of fused-ring (bicyclic) bond motifs is 1. The third-order valence-electron chi connectivity index (χ3n) is 4.28. The quantitative estimate of drug-likeness (QED) is 0.390. The fraction of sp³-hybridized carbons (Fsp3) is 0.368. The number of halogens is 2. The fourth-order valence-corrected chi connectivity index (χ4v) is 3.17. The molecule has 0 saturated heterocycles. The molecular formula is C19H21Cl2N5O3. The lowest BCUT2D eigenvalue weighted by Gasteiger charge is -2.07. The number of rotatable bonds is 9. The number of hydrogen-bond acceptors (Lipinski definition) is 6. The molecule has 3 rings (SSSR count). The summed E-state index contributed by atoms with van der Waals surface area (Å²) in [6.45, 7) is 2.87. The SMILES string of the molecule is CC(=O)OCCCCCn1cnc2nc(NCc3ccc(Cl)c(Cl)c3)[nH]c(=O)c21. The zero-order chi connectivity index (χ0) is 20.8. The molecule has 0 aliphatic heterocycles. The molecule has 0 aliphatic rings. The highest BCUT2D eigenvalue weighted by molar-refractivity contribution is 6.42. The van der Waals surface area contributed by atoms with Crippen LogP contribution in [0.5, 0.6) is 0 Å². The highest BCUT2D eigenvalue weighted by Crippen LogP contribution is 2.22. The first-order valence-corrected chi connectivity index (χ1v) is 9.96. The Morgan fingerprint density at radius 1 is 1.24 bits per heavy atom. The smallest absolute Gasteiger partial charge is 0.302 e. The molecule has 0 bridgehead atoms. The topological polar surface area (TPSA) is 102 Å². The third kappa shape index (κ3) is 5.71. The number of ether oxygens (including phenoxy) is 1. The summed E-state index contributed by atoms with van der Waals surface area (Å²) in [5.74, 6) is 0.0620. The van der Waals surface area contributed by atoms with Gasteiger partial charge in [0.1, 0.15) is 0 Å². The second kappa shape index (κ2) is 9.76. The number of aromatic nitrogens is 4. The van der Waals surface area contributed by atoms with Crippen molar-refractivity contribution in [2.24, 2.45) is 0 Å². The lowest BCUT2D eigenvalue weighted by molar-refractivity contribution is -0.141. The number of imidazole rings is 1. The summed E-state index contributed by atoms with van der Waals surface area (Å²) < 4.78 is 6.69. The maximum atomic E-state index is 12.5. The Balaban J connectivity index is 1.60. The first-order chi connectivity index (χ1) is 13.9. The zero-order valence-electron chi connectivity index (χ0n) is 15.9. The molecule has 2 aromatic heterocycles. The molecule has 8 nitrogen and oxygen atoms in total. The van der Waals surface area contributed by atoms with Crippen molar-refractivity contribution in [3.05, 3.63) is 50.5 Å². The monoisotopic (exact) mass is 437 g/mol. The Labute approximate surface area is 177 Å². The van der Waals surface area contributed by atoms with Crippen molar-refractivity contribution in [1.29, 1.82) is 0 Å². The Bertz CT molecular complexity index is 1060. The average molecular weight is 438 g/mol. The van der Waals surface area contributed by atoms with Crippen molar-refractivity contribution in [3.63, 3.8) is 0 Å². The summed E-state index contributed by atoms with van der Waals surface area (Å²) in [6.07, 6.45) is 4.11. The van der Waals surface area contributed by atoms with E-state index >= 15 is 0 Å². The standard InChI is InChI=1S/C19H21Cl2N5O3/c1-12(27)29-8-4-2-3-7-26-11-23-17-16(26)18(28)25-19(24-17)22-10-13-5-6-14(20)15(21)9-13/h5-6,9,11H,2-4,7-8,10H2,1H3,(H2,22,24,25,28). The van der Waals surface area contributed by atoms with Gasteiger partial charge in [-0.25, -0.2) is 4.98 Å². The van der Waals surface area contributed by atoms with Crippen LogP contribution >= 0.6 is 23.2 Å². The van der Waals surface area contributed by atoms with E-state index in [4.69, 9.17) is 27.9 Å². The molecule has 0 unspecified atom stereocenters. The molecule has 154 valence electrons. The normalized spacial score (nSPS) is 11.0. The average Bonchev–Trinajstić information content (AvgIpc) is 3.09. The van der Waals surface area contributed by atoms with Crippen LogP contribution in [-0.4, -0.2) is 32.1 Å². The van der Waals surface area contributed by atoms with Gasteiger partial charge in [-0.15, -0.1) is 0 Å². The lowest BCUT2D eigenvalue weighted by Crippen LogP contribution is -2.15. The molecule has 0 saturated carbocycles. The van der Waals surface area contributed by atoms with Crippen LogP contribution in [0.2, 0.25) is 10.0 Å². The number of carbonyl (C=O) groups is 1. The highest BCUT2D eigenvalue weighted by atomic mass is 35.5. The number of esters is 1. The van der Waals surface area contributed by atoms with Gasteiger partial charge >= 0.3 is 5.97 Å². The molecular weight excluding hydrogens is 417 g/mol. The number of aryl methyl sites for hydroxylation is 1. The first kappa shape index (κ1) is 21.1. The van der Waals surface area contributed by atoms with Gasteiger partial charge in [0.05, 0.1) is 23.0 Å². The number of H-pyrrole nitrogens is 1. The third-order valence-corrected chi connectivity index (χ3v) is 5.01. The minimum atomic E-state index is -0.271. The van der Waals surface area contributed by atoms with E-state index in [-0.39, 0.29) is 11.5 Å². The van der Waals surface area contributed by atoms with Gasteiger partial charge in [-0.3, -0.25) is 14.6 Å². The van der Waals surface area contributed by atoms with Crippen molar-refractivity contribution >= 4 is 46.3 Å². The van der Waals surface area contributed by atoms with Crippen molar-refractivity contribution in [2.75, 3.05) is 11.9 Å². The predicted octanol–water partition coefficient (Wildman–Crippen LogP) is 3.77. The molecule has 2 N–H and O–H groups in total. The number of unbranched alkanes of at least 4 members (excludes halogenated alkanes) is 2. The van der Waals surface area contributed by atoms with E-state index < -0.39 is 0 Å². The molecule has 3 aromatic rings. The Morgan fingerprint density at radius 2 is 2.07 bits per heavy atom. The molecule has 2 heterocycles. The molecule has 0 fully saturated rings. The molecule has 0 aliphatic carbocycles. The summed E-state index contributed by atoms with van der Waals surface area (Å²) in [5, 5.41) is 4.02. The molecule has 0 atom stereocenters. The van der Waals surface area contributed by atoms with Gasteiger partial charge in [0.15, 0.2) is 11.2 Å². The zero-order valence-corrected chi connectivity index (χ0v) is 17.4. The van der Waals surface area contributed by atoms with Crippen molar-refractivity contribution in [2.45, 2.75) is 39.3 Å². The van der Waals surface area contributed by atoms with E-state index in [1.165, 1.54) is 6.92 Å². The summed E-state index contributed by atoms with van der Waals surface area (Å²) in [4.78, 5) is 34.6. The molecule has 29 heavy (non-hydrogen) atoms. The highest BCUT2D eigenvalue weighted by Gasteiger charge is 2.10. The summed E-state index contributed by atoms with van der Waals surface area (Å²) in [5.41, 5.74) is 1.46. The van der Waals surface area contributed by atoms with Gasteiger partial charge in [0, 0.05) is 20.0 Å². The van der Waals surface area contributed by atoms with Crippen LogP contribution in [0.1, 0.15) is 31.7 Å². The number of nitrogens with one attached hydrogen (secondary N) is 2. The van der Waals surface area contributed by atoms with Crippen LogP contribution in [0, 0.1) is 0 Å². The van der Waals surface area contributed by atoms with E-state index in [1.54, 1.807) is 23.0 Å². The van der Waals surface area contributed by atoms with Crippen LogP contribution in [0.4, 0.5) is 5.95 Å². The number of nitrogens with zero attached hydrogens (tertiary/aromatic N) is 3. The predicted molar refractivity (Wildman–Crippen MR) is 112 cm³/mol. The lowest BCUT2D eigenvalue weighted by atomic mass is 10.2. The maximum absolute atomic E-state index is 12.5. The number of anilines is 1. The van der Waals surface area contributed by atoms with Gasteiger partial charge in [-0.05, 0) is 37.0 Å². The van der Waals surface area contributed by atoms with Gasteiger partial charge in [0.25, 0.3) is 5.56 Å². The van der Waals surface area contributed by atoms with Crippen LogP contribution < -0.4 is 10.9 Å². The number of benzene rings is 1. The second-order valence-electron chi connectivity index (χ2n) is 6.53. The number of hydrogen-bond donors (Lipinski definition) is 2. The number of carbonyl (C=O) groups excluding carboxylic acids is 1. The summed E-state index contributed by atoms with van der Waals surface area (Å²) >= 11 is 11.9.